The third kappa shape index (κ3) is 3.00. The molecule has 0 saturated heterocycles. The molecule has 1 heterocycles. The Morgan fingerprint density at radius 3 is 2.74 bits per heavy atom. The van der Waals surface area contributed by atoms with Gasteiger partial charge in [0.15, 0.2) is 5.12 Å². The van der Waals surface area contributed by atoms with Crippen molar-refractivity contribution < 1.29 is 15.0 Å². The molecular formula is C14H17NO3S. The molecule has 5 heteroatoms. The Morgan fingerprint density at radius 1 is 1.37 bits per heavy atom. The Balaban J connectivity index is 2.26. The molecule has 0 aliphatic rings. The smallest absolute Gasteiger partial charge is 0.185 e. The first-order valence-electron chi connectivity index (χ1n) is 6.04. The highest BCUT2D eigenvalue weighted by Crippen LogP contribution is 2.28. The number of thioether (sulfide) groups is 1. The van der Waals surface area contributed by atoms with Crippen LogP contribution in [0.25, 0.3) is 10.9 Å². The third-order valence-corrected chi connectivity index (χ3v) is 3.98. The number of aryl methyl sites for hydroxylation is 1. The molecule has 0 aliphatic heterocycles. The number of carbonyl (C=O) groups is 1. The van der Waals surface area contributed by atoms with E-state index in [4.69, 9.17) is 0 Å². The van der Waals surface area contributed by atoms with Crippen molar-refractivity contribution in [3.05, 3.63) is 36.0 Å². The van der Waals surface area contributed by atoms with E-state index in [1.807, 2.05) is 42.1 Å². The van der Waals surface area contributed by atoms with Gasteiger partial charge in [-0.15, -0.1) is 0 Å². The van der Waals surface area contributed by atoms with Crippen molar-refractivity contribution in [1.82, 2.24) is 4.57 Å². The largest absolute Gasteiger partial charge is 0.389 e. The second-order valence-corrected chi connectivity index (χ2v) is 5.72. The van der Waals surface area contributed by atoms with Crippen LogP contribution in [0.5, 0.6) is 0 Å². The number of nitrogens with zero attached hydrogens (tertiary/aromatic N) is 1. The standard InChI is InChI=1S/C14H17NO3S/c1-9(16)19-8-13(17)14(18)11-7-15(2)12-6-4-3-5-10(11)12/h3-7,13-14,17-18H,8H2,1-2H3. The van der Waals surface area contributed by atoms with Crippen LogP contribution in [-0.4, -0.2) is 31.8 Å². The summed E-state index contributed by atoms with van der Waals surface area (Å²) in [7, 11) is 1.90. The summed E-state index contributed by atoms with van der Waals surface area (Å²) >= 11 is 1.02. The molecule has 0 spiro atoms. The highest BCUT2D eigenvalue weighted by molar-refractivity contribution is 8.13. The lowest BCUT2D eigenvalue weighted by molar-refractivity contribution is -0.109. The number of aliphatic hydroxyl groups excluding tert-OH is 2. The zero-order valence-electron chi connectivity index (χ0n) is 10.9. The molecule has 1 aromatic heterocycles. The van der Waals surface area contributed by atoms with Crippen molar-refractivity contribution in [2.45, 2.75) is 19.1 Å². The summed E-state index contributed by atoms with van der Waals surface area (Å²) in [5, 5.41) is 21.0. The van der Waals surface area contributed by atoms with Gasteiger partial charge < -0.3 is 14.8 Å². The number of hydrogen-bond donors (Lipinski definition) is 2. The Labute approximate surface area is 116 Å². The Bertz CT molecular complexity index is 593. The molecule has 0 fully saturated rings. The van der Waals surface area contributed by atoms with Crippen molar-refractivity contribution in [3.63, 3.8) is 0 Å². The van der Waals surface area contributed by atoms with E-state index < -0.39 is 12.2 Å². The van der Waals surface area contributed by atoms with Crippen molar-refractivity contribution in [2.75, 3.05) is 5.75 Å². The summed E-state index contributed by atoms with van der Waals surface area (Å²) in [5.41, 5.74) is 1.69. The van der Waals surface area contributed by atoms with Gasteiger partial charge in [0.2, 0.25) is 0 Å². The van der Waals surface area contributed by atoms with Gasteiger partial charge >= 0.3 is 0 Å². The van der Waals surface area contributed by atoms with Crippen molar-refractivity contribution >= 4 is 27.8 Å². The minimum atomic E-state index is -0.988. The molecule has 19 heavy (non-hydrogen) atoms. The maximum absolute atomic E-state index is 10.9. The fourth-order valence-corrected chi connectivity index (χ4v) is 2.70. The van der Waals surface area contributed by atoms with E-state index in [-0.39, 0.29) is 10.9 Å². The fraction of sp³-hybridized carbons (Fsp3) is 0.357. The first kappa shape index (κ1) is 14.1. The van der Waals surface area contributed by atoms with Gasteiger partial charge in [-0.05, 0) is 6.07 Å². The number of aliphatic hydroxyl groups is 2. The maximum Gasteiger partial charge on any atom is 0.185 e. The van der Waals surface area contributed by atoms with E-state index in [1.165, 1.54) is 6.92 Å². The molecule has 2 N–H and O–H groups in total. The number of fused-ring (bicyclic) bond motifs is 1. The number of aromatic nitrogens is 1. The van der Waals surface area contributed by atoms with Crippen LogP contribution in [0.4, 0.5) is 0 Å². The highest BCUT2D eigenvalue weighted by atomic mass is 32.2. The van der Waals surface area contributed by atoms with Crippen LogP contribution in [0.3, 0.4) is 0 Å². The van der Waals surface area contributed by atoms with Gasteiger partial charge in [0.25, 0.3) is 0 Å². The SMILES string of the molecule is CC(=O)SCC(O)C(O)c1cn(C)c2ccccc12. The predicted octanol–water partition coefficient (Wildman–Crippen LogP) is 1.85. The molecule has 0 bridgehead atoms. The first-order valence-corrected chi connectivity index (χ1v) is 7.02. The zero-order valence-corrected chi connectivity index (χ0v) is 11.7. The van der Waals surface area contributed by atoms with E-state index >= 15 is 0 Å². The fourth-order valence-electron chi connectivity index (χ4n) is 2.11. The summed E-state index contributed by atoms with van der Waals surface area (Å²) in [6, 6.07) is 7.71. The molecule has 2 unspecified atom stereocenters. The molecular weight excluding hydrogens is 262 g/mol. The van der Waals surface area contributed by atoms with Crippen LogP contribution < -0.4 is 0 Å². The molecule has 0 aliphatic carbocycles. The first-order chi connectivity index (χ1) is 9.00. The van der Waals surface area contributed by atoms with Gasteiger partial charge in [0, 0.05) is 42.4 Å². The Morgan fingerprint density at radius 2 is 2.05 bits per heavy atom. The average molecular weight is 279 g/mol. The van der Waals surface area contributed by atoms with Crippen molar-refractivity contribution in [3.8, 4) is 0 Å². The number of para-hydroxylation sites is 1. The second-order valence-electron chi connectivity index (χ2n) is 4.53. The van der Waals surface area contributed by atoms with Crippen LogP contribution in [0, 0.1) is 0 Å². The van der Waals surface area contributed by atoms with E-state index in [2.05, 4.69) is 0 Å². The van der Waals surface area contributed by atoms with Gasteiger partial charge in [0.05, 0.1) is 6.10 Å². The van der Waals surface area contributed by atoms with Gasteiger partial charge in [-0.1, -0.05) is 30.0 Å². The normalized spacial score (nSPS) is 14.5. The van der Waals surface area contributed by atoms with Gasteiger partial charge in [0.1, 0.15) is 6.10 Å². The number of carbonyl (C=O) groups excluding carboxylic acids is 1. The predicted molar refractivity (Wildman–Crippen MR) is 77.0 cm³/mol. The number of hydrogen-bond acceptors (Lipinski definition) is 4. The molecule has 1 aromatic carbocycles. The average Bonchev–Trinajstić information content (AvgIpc) is 2.73. The van der Waals surface area contributed by atoms with Crippen LogP contribution in [-0.2, 0) is 11.8 Å². The third-order valence-electron chi connectivity index (χ3n) is 3.07. The molecule has 2 rings (SSSR count). The highest BCUT2D eigenvalue weighted by Gasteiger charge is 2.22. The summed E-state index contributed by atoms with van der Waals surface area (Å²) in [6.45, 7) is 1.45. The van der Waals surface area contributed by atoms with Crippen molar-refractivity contribution in [2.24, 2.45) is 7.05 Å². The van der Waals surface area contributed by atoms with E-state index in [0.29, 0.717) is 5.56 Å². The van der Waals surface area contributed by atoms with Gasteiger partial charge in [-0.2, -0.15) is 0 Å². The van der Waals surface area contributed by atoms with E-state index in [1.54, 1.807) is 0 Å². The van der Waals surface area contributed by atoms with Gasteiger partial charge in [-0.3, -0.25) is 4.79 Å². The van der Waals surface area contributed by atoms with E-state index in [9.17, 15) is 15.0 Å². The second kappa shape index (κ2) is 5.77. The Kier molecular flexibility index (Phi) is 4.29. The summed E-state index contributed by atoms with van der Waals surface area (Å²) in [6.07, 6.45) is -0.130. The van der Waals surface area contributed by atoms with E-state index in [0.717, 1.165) is 22.7 Å². The topological polar surface area (TPSA) is 62.5 Å². The number of benzene rings is 1. The van der Waals surface area contributed by atoms with Gasteiger partial charge in [-0.25, -0.2) is 0 Å². The number of rotatable bonds is 4. The maximum atomic E-state index is 10.9. The van der Waals surface area contributed by atoms with Crippen LogP contribution in [0.15, 0.2) is 30.5 Å². The quantitative estimate of drug-likeness (QED) is 0.896. The lowest BCUT2D eigenvalue weighted by Crippen LogP contribution is -2.21. The summed E-state index contributed by atoms with van der Waals surface area (Å²) in [5.74, 6) is 0.194. The molecule has 4 nitrogen and oxygen atoms in total. The monoisotopic (exact) mass is 279 g/mol. The molecule has 0 saturated carbocycles. The summed E-state index contributed by atoms with van der Waals surface area (Å²) < 4.78 is 1.92. The molecule has 102 valence electrons. The van der Waals surface area contributed by atoms with Crippen LogP contribution in [0.2, 0.25) is 0 Å². The molecule has 0 radical (unpaired) electrons. The molecule has 0 amide bonds. The van der Waals surface area contributed by atoms with Crippen LogP contribution >= 0.6 is 11.8 Å². The summed E-state index contributed by atoms with van der Waals surface area (Å²) in [4.78, 5) is 10.9. The zero-order chi connectivity index (χ0) is 14.0. The lowest BCUT2D eigenvalue weighted by Gasteiger charge is -2.16. The Hall–Kier alpha value is -1.30. The van der Waals surface area contributed by atoms with Crippen molar-refractivity contribution in [1.29, 1.82) is 0 Å². The molecule has 2 aromatic rings. The molecule has 2 atom stereocenters. The van der Waals surface area contributed by atoms with Crippen LogP contribution in [0.1, 0.15) is 18.6 Å². The lowest BCUT2D eigenvalue weighted by atomic mass is 10.0. The minimum Gasteiger partial charge on any atom is -0.389 e. The minimum absolute atomic E-state index is 0.0656.